The molecule has 0 amide bonds. The zero-order chi connectivity index (χ0) is 10.6. The summed E-state index contributed by atoms with van der Waals surface area (Å²) in [6.07, 6.45) is 5.58. The van der Waals surface area contributed by atoms with Crippen molar-refractivity contribution in [2.24, 2.45) is 16.7 Å². The molecule has 3 unspecified atom stereocenters. The van der Waals surface area contributed by atoms with Gasteiger partial charge in [0.25, 0.3) is 0 Å². The molecule has 2 saturated carbocycles. The number of hydrogen-bond acceptors (Lipinski definition) is 1. The van der Waals surface area contributed by atoms with Crippen LogP contribution in [0.1, 0.15) is 53.4 Å². The van der Waals surface area contributed by atoms with Gasteiger partial charge in [-0.2, -0.15) is 0 Å². The van der Waals surface area contributed by atoms with Gasteiger partial charge in [-0.05, 0) is 49.5 Å². The molecule has 14 heavy (non-hydrogen) atoms. The van der Waals surface area contributed by atoms with Crippen LogP contribution in [0.25, 0.3) is 0 Å². The molecule has 1 N–H and O–H groups in total. The first-order valence-electron chi connectivity index (χ1n) is 6.12. The summed E-state index contributed by atoms with van der Waals surface area (Å²) in [5, 5.41) is 3.69. The van der Waals surface area contributed by atoms with E-state index in [0.29, 0.717) is 16.4 Å². The Morgan fingerprint density at radius 3 is 2.21 bits per heavy atom. The molecule has 2 bridgehead atoms. The fraction of sp³-hybridized carbons (Fsp3) is 1.00. The van der Waals surface area contributed by atoms with Gasteiger partial charge >= 0.3 is 0 Å². The van der Waals surface area contributed by atoms with E-state index in [1.54, 1.807) is 0 Å². The zero-order valence-electron chi connectivity index (χ0n) is 10.4. The molecule has 0 radical (unpaired) electrons. The third-order valence-electron chi connectivity index (χ3n) is 5.85. The molecule has 3 atom stereocenters. The van der Waals surface area contributed by atoms with E-state index in [9.17, 15) is 0 Å². The van der Waals surface area contributed by atoms with Crippen LogP contribution in [0.15, 0.2) is 0 Å². The second-order valence-corrected chi connectivity index (χ2v) is 6.23. The molecule has 1 nitrogen and oxygen atoms in total. The average molecular weight is 195 g/mol. The highest BCUT2D eigenvalue weighted by Gasteiger charge is 2.67. The lowest BCUT2D eigenvalue weighted by atomic mass is 9.57. The largest absolute Gasteiger partial charge is 0.313 e. The fourth-order valence-corrected chi connectivity index (χ4v) is 5.05. The average Bonchev–Trinajstić information content (AvgIpc) is 2.57. The molecule has 0 spiro atoms. The Bertz CT molecular complexity index is 233. The van der Waals surface area contributed by atoms with Crippen molar-refractivity contribution >= 4 is 0 Å². The van der Waals surface area contributed by atoms with Crippen LogP contribution in [-0.4, -0.2) is 12.6 Å². The Kier molecular flexibility index (Phi) is 2.06. The van der Waals surface area contributed by atoms with Crippen LogP contribution in [0.4, 0.5) is 0 Å². The van der Waals surface area contributed by atoms with Crippen LogP contribution in [0.3, 0.4) is 0 Å². The maximum Gasteiger partial charge on any atom is 0.0283 e. The van der Waals surface area contributed by atoms with E-state index in [1.165, 1.54) is 25.7 Å². The molecule has 0 saturated heterocycles. The smallest absolute Gasteiger partial charge is 0.0283 e. The lowest BCUT2D eigenvalue weighted by molar-refractivity contribution is 0.00735. The van der Waals surface area contributed by atoms with E-state index in [1.807, 2.05) is 0 Å². The molecule has 2 aliphatic rings. The van der Waals surface area contributed by atoms with Crippen LogP contribution >= 0.6 is 0 Å². The Hall–Kier alpha value is -0.0400. The van der Waals surface area contributed by atoms with Gasteiger partial charge in [-0.15, -0.1) is 0 Å². The highest BCUT2D eigenvalue weighted by molar-refractivity contribution is 5.20. The van der Waals surface area contributed by atoms with E-state index in [-0.39, 0.29) is 0 Å². The summed E-state index contributed by atoms with van der Waals surface area (Å²) in [4.78, 5) is 0. The highest BCUT2D eigenvalue weighted by Crippen LogP contribution is 2.68. The minimum atomic E-state index is 0.378. The minimum Gasteiger partial charge on any atom is -0.313 e. The minimum absolute atomic E-state index is 0.378. The third-order valence-corrected chi connectivity index (χ3v) is 5.85. The van der Waals surface area contributed by atoms with E-state index >= 15 is 0 Å². The summed E-state index contributed by atoms with van der Waals surface area (Å²) in [5.74, 6) is 0.944. The van der Waals surface area contributed by atoms with Gasteiger partial charge < -0.3 is 5.32 Å². The summed E-state index contributed by atoms with van der Waals surface area (Å²) in [7, 11) is 2.16. The standard InChI is InChI=1S/C13H25N/c1-6-13(14-5)11(2,3)10-7-8-12(13,4)9-10/h10,14H,6-9H2,1-5H3. The molecule has 82 valence electrons. The van der Waals surface area contributed by atoms with Gasteiger partial charge in [-0.1, -0.05) is 27.7 Å². The highest BCUT2D eigenvalue weighted by atomic mass is 15.0. The summed E-state index contributed by atoms with van der Waals surface area (Å²) in [6.45, 7) is 9.80. The third kappa shape index (κ3) is 0.856. The fourth-order valence-electron chi connectivity index (χ4n) is 5.05. The summed E-state index contributed by atoms with van der Waals surface area (Å²) < 4.78 is 0. The molecular formula is C13H25N. The molecule has 2 fully saturated rings. The van der Waals surface area contributed by atoms with Crippen LogP contribution in [0.2, 0.25) is 0 Å². The van der Waals surface area contributed by atoms with Gasteiger partial charge in [0.2, 0.25) is 0 Å². The maximum absolute atomic E-state index is 3.69. The van der Waals surface area contributed by atoms with E-state index in [2.05, 4.69) is 40.1 Å². The van der Waals surface area contributed by atoms with Gasteiger partial charge in [0.15, 0.2) is 0 Å². The summed E-state index contributed by atoms with van der Waals surface area (Å²) in [5.41, 5.74) is 1.40. The molecule has 0 heterocycles. The lowest BCUT2D eigenvalue weighted by Crippen LogP contribution is -2.61. The van der Waals surface area contributed by atoms with E-state index in [0.717, 1.165) is 5.92 Å². The van der Waals surface area contributed by atoms with Gasteiger partial charge in [0.1, 0.15) is 0 Å². The van der Waals surface area contributed by atoms with Gasteiger partial charge in [0.05, 0.1) is 0 Å². The Balaban J connectivity index is 2.47. The van der Waals surface area contributed by atoms with Crippen molar-refractivity contribution in [2.75, 3.05) is 7.05 Å². The van der Waals surface area contributed by atoms with Gasteiger partial charge in [-0.25, -0.2) is 0 Å². The van der Waals surface area contributed by atoms with Crippen molar-refractivity contribution in [3.8, 4) is 0 Å². The monoisotopic (exact) mass is 195 g/mol. The van der Waals surface area contributed by atoms with Crippen LogP contribution in [0.5, 0.6) is 0 Å². The van der Waals surface area contributed by atoms with E-state index in [4.69, 9.17) is 0 Å². The van der Waals surface area contributed by atoms with Crippen molar-refractivity contribution in [1.82, 2.24) is 5.32 Å². The van der Waals surface area contributed by atoms with Crippen molar-refractivity contribution in [3.05, 3.63) is 0 Å². The van der Waals surface area contributed by atoms with Crippen molar-refractivity contribution in [1.29, 1.82) is 0 Å². The lowest BCUT2D eigenvalue weighted by Gasteiger charge is -2.54. The summed E-state index contributed by atoms with van der Waals surface area (Å²) >= 11 is 0. The number of hydrogen-bond donors (Lipinski definition) is 1. The molecule has 0 aromatic carbocycles. The molecule has 2 rings (SSSR count). The normalized spacial score (nSPS) is 49.9. The first-order chi connectivity index (χ1) is 6.43. The van der Waals surface area contributed by atoms with Crippen LogP contribution in [-0.2, 0) is 0 Å². The predicted octanol–water partition coefficient (Wildman–Crippen LogP) is 3.20. The number of fused-ring (bicyclic) bond motifs is 2. The first kappa shape index (κ1) is 10.5. The Morgan fingerprint density at radius 2 is 1.93 bits per heavy atom. The number of rotatable bonds is 2. The summed E-state index contributed by atoms with van der Waals surface area (Å²) in [6, 6.07) is 0. The SMILES string of the molecule is CCC1(NC)C2(C)CCC(C2)C1(C)C. The number of nitrogens with one attached hydrogen (secondary N) is 1. The maximum atomic E-state index is 3.69. The van der Waals surface area contributed by atoms with Crippen molar-refractivity contribution in [2.45, 2.75) is 58.9 Å². The molecular weight excluding hydrogens is 170 g/mol. The molecule has 0 aromatic heterocycles. The van der Waals surface area contributed by atoms with Crippen molar-refractivity contribution in [3.63, 3.8) is 0 Å². The molecule has 0 aliphatic heterocycles. The van der Waals surface area contributed by atoms with Gasteiger partial charge in [-0.3, -0.25) is 0 Å². The van der Waals surface area contributed by atoms with E-state index < -0.39 is 0 Å². The molecule has 1 heteroatoms. The van der Waals surface area contributed by atoms with Crippen LogP contribution < -0.4 is 5.32 Å². The molecule has 0 aromatic rings. The Morgan fingerprint density at radius 1 is 1.29 bits per heavy atom. The second-order valence-electron chi connectivity index (χ2n) is 6.23. The topological polar surface area (TPSA) is 12.0 Å². The van der Waals surface area contributed by atoms with Gasteiger partial charge in [0, 0.05) is 5.54 Å². The van der Waals surface area contributed by atoms with Crippen molar-refractivity contribution < 1.29 is 0 Å². The van der Waals surface area contributed by atoms with Crippen LogP contribution in [0, 0.1) is 16.7 Å². The quantitative estimate of drug-likeness (QED) is 0.713. The Labute approximate surface area is 88.7 Å². The molecule has 2 aliphatic carbocycles. The predicted molar refractivity (Wildman–Crippen MR) is 61.3 cm³/mol. The zero-order valence-corrected chi connectivity index (χ0v) is 10.4. The first-order valence-corrected chi connectivity index (χ1v) is 6.12. The second kappa shape index (κ2) is 2.75.